The zero-order chi connectivity index (χ0) is 19.6. The van der Waals surface area contributed by atoms with Crippen molar-refractivity contribution in [2.45, 2.75) is 18.5 Å². The summed E-state index contributed by atoms with van der Waals surface area (Å²) in [7, 11) is 0. The molecule has 4 nitrogen and oxygen atoms in total. The highest BCUT2D eigenvalue weighted by Gasteiger charge is 2.31. The maximum Gasteiger partial charge on any atom is 0.416 e. The largest absolute Gasteiger partial charge is 0.416 e. The molecule has 0 spiro atoms. The monoisotopic (exact) mass is 393 g/mol. The van der Waals surface area contributed by atoms with Gasteiger partial charge in [-0.2, -0.15) is 18.3 Å². The smallest absolute Gasteiger partial charge is 0.307 e. The number of hydrogen-bond acceptors (Lipinski definition) is 3. The number of benzene rings is 2. The molecule has 1 amide bonds. The highest BCUT2D eigenvalue weighted by Crippen LogP contribution is 2.33. The predicted octanol–water partition coefficient (Wildman–Crippen LogP) is 4.78. The lowest BCUT2D eigenvalue weighted by Crippen LogP contribution is -2.40. The van der Waals surface area contributed by atoms with Gasteiger partial charge < -0.3 is 5.32 Å². The van der Waals surface area contributed by atoms with Crippen LogP contribution in [-0.4, -0.2) is 17.1 Å². The molecule has 1 atom stereocenters. The molecule has 2 aromatic carbocycles. The van der Waals surface area contributed by atoms with E-state index in [4.69, 9.17) is 11.6 Å². The van der Waals surface area contributed by atoms with Crippen LogP contribution in [0, 0.1) is 0 Å². The van der Waals surface area contributed by atoms with Crippen molar-refractivity contribution in [3.8, 4) is 0 Å². The summed E-state index contributed by atoms with van der Waals surface area (Å²) in [6, 6.07) is 13.3. The van der Waals surface area contributed by atoms with Crippen molar-refractivity contribution in [1.82, 2.24) is 5.32 Å². The zero-order valence-electron chi connectivity index (χ0n) is 14.2. The van der Waals surface area contributed by atoms with E-state index in [2.05, 4.69) is 10.4 Å². The average Bonchev–Trinajstić information content (AvgIpc) is 2.64. The van der Waals surface area contributed by atoms with E-state index in [1.807, 2.05) is 0 Å². The normalized spacial score (nSPS) is 17.2. The third-order valence-electron chi connectivity index (χ3n) is 3.89. The van der Waals surface area contributed by atoms with Crippen LogP contribution in [-0.2, 0) is 6.18 Å². The molecule has 1 N–H and O–H groups in total. The maximum atomic E-state index is 13.0. The van der Waals surface area contributed by atoms with Crippen molar-refractivity contribution < 1.29 is 18.0 Å². The van der Waals surface area contributed by atoms with Crippen LogP contribution in [0.1, 0.15) is 22.8 Å². The lowest BCUT2D eigenvalue weighted by molar-refractivity contribution is -0.137. The number of rotatable bonds is 2. The molecule has 0 fully saturated rings. The van der Waals surface area contributed by atoms with Crippen molar-refractivity contribution in [3.63, 3.8) is 0 Å². The summed E-state index contributed by atoms with van der Waals surface area (Å²) in [6.07, 6.45) is -2.86. The molecule has 1 aliphatic rings. The topological polar surface area (TPSA) is 44.7 Å². The fourth-order valence-corrected chi connectivity index (χ4v) is 2.83. The number of hydrogen-bond donors (Lipinski definition) is 1. The quantitative estimate of drug-likeness (QED) is 0.746. The second-order valence-electron chi connectivity index (χ2n) is 5.88. The second-order valence-corrected chi connectivity index (χ2v) is 6.35. The number of hydrazone groups is 1. The van der Waals surface area contributed by atoms with Gasteiger partial charge in [-0.15, -0.1) is 11.6 Å². The average molecular weight is 394 g/mol. The molecule has 1 aliphatic heterocycles. The first-order valence-electron chi connectivity index (χ1n) is 8.00. The van der Waals surface area contributed by atoms with Gasteiger partial charge in [0.1, 0.15) is 5.38 Å². The number of anilines is 1. The van der Waals surface area contributed by atoms with E-state index in [9.17, 15) is 18.0 Å². The first-order valence-corrected chi connectivity index (χ1v) is 8.44. The first kappa shape index (κ1) is 19.0. The highest BCUT2D eigenvalue weighted by molar-refractivity contribution is 6.35. The Hall–Kier alpha value is -2.80. The summed E-state index contributed by atoms with van der Waals surface area (Å²) in [5.41, 5.74) is 0.396. The van der Waals surface area contributed by atoms with E-state index in [-0.39, 0.29) is 11.5 Å². The fraction of sp³-hybridized carbons (Fsp3) is 0.158. The van der Waals surface area contributed by atoms with E-state index in [0.717, 1.165) is 12.1 Å². The van der Waals surface area contributed by atoms with Gasteiger partial charge in [0.25, 0.3) is 5.91 Å². The molecule has 0 saturated carbocycles. The Morgan fingerprint density at radius 2 is 1.85 bits per heavy atom. The molecule has 0 bridgehead atoms. The second kappa shape index (κ2) is 7.44. The third-order valence-corrected chi connectivity index (χ3v) is 4.22. The standard InChI is InChI=1S/C19H15ClF3N3O/c1-12-10-16(20)17(24-18(27)13-6-3-2-4-7-13)25-26(12)15-9-5-8-14(11-15)19(21,22)23/h2-11,16H,1H3,(H,24,25,27). The van der Waals surface area contributed by atoms with Crippen molar-refractivity contribution in [1.29, 1.82) is 0 Å². The number of amidine groups is 1. The molecule has 140 valence electrons. The van der Waals surface area contributed by atoms with Crippen LogP contribution < -0.4 is 10.3 Å². The number of carbonyl (C=O) groups is 1. The minimum Gasteiger partial charge on any atom is -0.307 e. The molecular formula is C19H15ClF3N3O. The van der Waals surface area contributed by atoms with Crippen LogP contribution in [0.4, 0.5) is 18.9 Å². The Labute approximate surface area is 158 Å². The number of nitrogens with one attached hydrogen (secondary N) is 1. The number of allylic oxidation sites excluding steroid dienone is 1. The van der Waals surface area contributed by atoms with Crippen molar-refractivity contribution in [2.75, 3.05) is 5.01 Å². The highest BCUT2D eigenvalue weighted by atomic mass is 35.5. The van der Waals surface area contributed by atoms with Gasteiger partial charge in [-0.05, 0) is 43.3 Å². The lowest BCUT2D eigenvalue weighted by atomic mass is 10.1. The van der Waals surface area contributed by atoms with Gasteiger partial charge in [-0.25, -0.2) is 5.01 Å². The summed E-state index contributed by atoms with van der Waals surface area (Å²) in [6.45, 7) is 1.68. The molecule has 2 aromatic rings. The molecule has 0 aromatic heterocycles. The molecule has 0 radical (unpaired) electrons. The zero-order valence-corrected chi connectivity index (χ0v) is 14.9. The van der Waals surface area contributed by atoms with E-state index < -0.39 is 23.0 Å². The summed E-state index contributed by atoms with van der Waals surface area (Å²) < 4.78 is 39.0. The van der Waals surface area contributed by atoms with Crippen molar-refractivity contribution in [2.24, 2.45) is 5.10 Å². The molecule has 1 heterocycles. The number of carbonyl (C=O) groups excluding carboxylic acids is 1. The first-order chi connectivity index (χ1) is 12.8. The van der Waals surface area contributed by atoms with Crippen LogP contribution in [0.15, 0.2) is 71.5 Å². The van der Waals surface area contributed by atoms with Crippen LogP contribution in [0.2, 0.25) is 0 Å². The van der Waals surface area contributed by atoms with Crippen LogP contribution in [0.25, 0.3) is 0 Å². The van der Waals surface area contributed by atoms with Gasteiger partial charge in [0, 0.05) is 11.3 Å². The van der Waals surface area contributed by atoms with Gasteiger partial charge in [0.05, 0.1) is 11.3 Å². The molecule has 3 rings (SSSR count). The molecule has 1 unspecified atom stereocenters. The Kier molecular flexibility index (Phi) is 5.23. The number of nitrogens with zero attached hydrogens (tertiary/aromatic N) is 2. The third kappa shape index (κ3) is 4.31. The van der Waals surface area contributed by atoms with Crippen LogP contribution in [0.5, 0.6) is 0 Å². The number of halogens is 4. The van der Waals surface area contributed by atoms with Gasteiger partial charge in [0.15, 0.2) is 5.84 Å². The van der Waals surface area contributed by atoms with E-state index in [1.54, 1.807) is 43.3 Å². The Morgan fingerprint density at radius 1 is 1.15 bits per heavy atom. The van der Waals surface area contributed by atoms with E-state index in [1.165, 1.54) is 17.1 Å². The molecule has 27 heavy (non-hydrogen) atoms. The van der Waals surface area contributed by atoms with Crippen molar-refractivity contribution >= 4 is 29.0 Å². The minimum absolute atomic E-state index is 0.133. The lowest BCUT2D eigenvalue weighted by Gasteiger charge is -2.27. The van der Waals surface area contributed by atoms with Gasteiger partial charge in [-0.1, -0.05) is 24.3 Å². The summed E-state index contributed by atoms with van der Waals surface area (Å²) in [5.74, 6) is -0.273. The van der Waals surface area contributed by atoms with E-state index in [0.29, 0.717) is 11.3 Å². The minimum atomic E-state index is -4.47. The van der Waals surface area contributed by atoms with Gasteiger partial charge >= 0.3 is 6.18 Å². The van der Waals surface area contributed by atoms with Crippen molar-refractivity contribution in [3.05, 3.63) is 77.5 Å². The summed E-state index contributed by atoms with van der Waals surface area (Å²) >= 11 is 6.24. The van der Waals surface area contributed by atoms with E-state index >= 15 is 0 Å². The summed E-state index contributed by atoms with van der Waals surface area (Å²) in [5, 5.41) is 7.48. The Morgan fingerprint density at radius 3 is 2.52 bits per heavy atom. The molecular weight excluding hydrogens is 379 g/mol. The molecule has 8 heteroatoms. The number of amides is 1. The predicted molar refractivity (Wildman–Crippen MR) is 98.7 cm³/mol. The fourth-order valence-electron chi connectivity index (χ4n) is 2.55. The Bertz CT molecular complexity index is 910. The molecule has 0 saturated heterocycles. The van der Waals surface area contributed by atoms with Gasteiger partial charge in [-0.3, -0.25) is 4.79 Å². The van der Waals surface area contributed by atoms with Gasteiger partial charge in [0.2, 0.25) is 0 Å². The SMILES string of the molecule is CC1=CC(Cl)C(NC(=O)c2ccccc2)=NN1c1cccc(C(F)(F)F)c1. The van der Waals surface area contributed by atoms with Crippen LogP contribution >= 0.6 is 11.6 Å². The maximum absolute atomic E-state index is 13.0. The Balaban J connectivity index is 1.90. The number of alkyl halides is 4. The van der Waals surface area contributed by atoms with Crippen LogP contribution in [0.3, 0.4) is 0 Å². The summed E-state index contributed by atoms with van der Waals surface area (Å²) in [4.78, 5) is 12.3. The molecule has 0 aliphatic carbocycles.